The summed E-state index contributed by atoms with van der Waals surface area (Å²) in [4.78, 5) is 43.6. The molecular formula is C28H35N7O5. The summed E-state index contributed by atoms with van der Waals surface area (Å²) in [6.07, 6.45) is 5.31. The number of nitrogens with one attached hydrogen (secondary N) is 1. The molecule has 2 atom stereocenters. The molecule has 2 aliphatic heterocycles. The Labute approximate surface area is 233 Å². The number of rotatable bonds is 9. The molecule has 1 aromatic carbocycles. The third-order valence-electron chi connectivity index (χ3n) is 7.14. The second-order valence-electron chi connectivity index (χ2n) is 10.3. The molecule has 1 N–H and O–H groups in total. The van der Waals surface area contributed by atoms with Gasteiger partial charge in [-0.15, -0.1) is 0 Å². The van der Waals surface area contributed by atoms with Crippen molar-refractivity contribution in [1.29, 1.82) is 0 Å². The van der Waals surface area contributed by atoms with Gasteiger partial charge in [-0.3, -0.25) is 14.2 Å². The molecule has 2 aromatic heterocycles. The first-order valence-electron chi connectivity index (χ1n) is 13.4. The van der Waals surface area contributed by atoms with Crippen molar-refractivity contribution in [2.24, 2.45) is 0 Å². The SMILES string of the molecule is COCC(=O)N1CCN(c2cc(C(C)C)nc(-n3ccnc3)n2)C(CC(=O)NC(C)c2ccc3c(c2)OCO3)C1. The summed E-state index contributed by atoms with van der Waals surface area (Å²) in [7, 11) is 1.50. The predicted octanol–water partition coefficient (Wildman–Crippen LogP) is 2.45. The van der Waals surface area contributed by atoms with E-state index in [1.54, 1.807) is 28.2 Å². The molecule has 2 unspecified atom stereocenters. The van der Waals surface area contributed by atoms with Crippen LogP contribution in [0.15, 0.2) is 43.0 Å². The van der Waals surface area contributed by atoms with Gasteiger partial charge in [0, 0.05) is 51.6 Å². The second-order valence-corrected chi connectivity index (χ2v) is 10.3. The number of nitrogens with zero attached hydrogens (tertiary/aromatic N) is 6. The molecule has 5 rings (SSSR count). The van der Waals surface area contributed by atoms with Crippen LogP contribution < -0.4 is 19.7 Å². The number of methoxy groups -OCH3 is 1. The summed E-state index contributed by atoms with van der Waals surface area (Å²) in [5.74, 6) is 2.52. The van der Waals surface area contributed by atoms with E-state index in [0.717, 1.165) is 11.3 Å². The highest BCUT2D eigenvalue weighted by molar-refractivity contribution is 5.80. The van der Waals surface area contributed by atoms with Crippen molar-refractivity contribution in [3.8, 4) is 17.4 Å². The zero-order valence-electron chi connectivity index (χ0n) is 23.2. The third-order valence-corrected chi connectivity index (χ3v) is 7.14. The van der Waals surface area contributed by atoms with Crippen molar-refractivity contribution in [1.82, 2.24) is 29.7 Å². The first kappa shape index (κ1) is 27.4. The van der Waals surface area contributed by atoms with Gasteiger partial charge in [0.15, 0.2) is 11.5 Å². The fourth-order valence-electron chi connectivity index (χ4n) is 4.93. The monoisotopic (exact) mass is 549 g/mol. The molecule has 12 nitrogen and oxygen atoms in total. The number of piperazine rings is 1. The lowest BCUT2D eigenvalue weighted by Gasteiger charge is -2.42. The molecule has 0 radical (unpaired) electrons. The maximum Gasteiger partial charge on any atom is 0.248 e. The third kappa shape index (κ3) is 6.01. The maximum absolute atomic E-state index is 13.4. The maximum atomic E-state index is 13.4. The van der Waals surface area contributed by atoms with Crippen LogP contribution in [0.4, 0.5) is 5.82 Å². The average molecular weight is 550 g/mol. The zero-order valence-corrected chi connectivity index (χ0v) is 23.2. The zero-order chi connectivity index (χ0) is 28.2. The van der Waals surface area contributed by atoms with Gasteiger partial charge >= 0.3 is 0 Å². The number of carbonyl (C=O) groups is 2. The normalized spacial score (nSPS) is 17.3. The molecule has 2 amide bonds. The molecular weight excluding hydrogens is 514 g/mol. The van der Waals surface area contributed by atoms with Gasteiger partial charge in [0.2, 0.25) is 24.6 Å². The van der Waals surface area contributed by atoms with E-state index in [0.29, 0.717) is 42.9 Å². The fourth-order valence-corrected chi connectivity index (χ4v) is 4.93. The smallest absolute Gasteiger partial charge is 0.248 e. The molecule has 3 aromatic rings. The predicted molar refractivity (Wildman–Crippen MR) is 147 cm³/mol. The minimum atomic E-state index is -0.302. The van der Waals surface area contributed by atoms with Crippen molar-refractivity contribution in [3.63, 3.8) is 0 Å². The van der Waals surface area contributed by atoms with Gasteiger partial charge in [-0.05, 0) is 30.5 Å². The molecule has 4 heterocycles. The number of hydrogen-bond donors (Lipinski definition) is 1. The molecule has 12 heteroatoms. The Morgan fingerprint density at radius 3 is 2.70 bits per heavy atom. The molecule has 212 valence electrons. The number of carbonyl (C=O) groups excluding carboxylic acids is 2. The van der Waals surface area contributed by atoms with Crippen LogP contribution in [0.3, 0.4) is 0 Å². The van der Waals surface area contributed by atoms with Crippen LogP contribution in [0.2, 0.25) is 0 Å². The Bertz CT molecular complexity index is 1350. The van der Waals surface area contributed by atoms with Crippen LogP contribution in [-0.4, -0.2) is 82.4 Å². The van der Waals surface area contributed by atoms with Crippen molar-refractivity contribution in [2.75, 3.05) is 45.0 Å². The van der Waals surface area contributed by atoms with E-state index in [4.69, 9.17) is 24.2 Å². The average Bonchev–Trinajstić information content (AvgIpc) is 3.65. The summed E-state index contributed by atoms with van der Waals surface area (Å²) >= 11 is 0. The van der Waals surface area contributed by atoms with Crippen molar-refractivity contribution in [2.45, 2.75) is 45.2 Å². The summed E-state index contributed by atoms with van der Waals surface area (Å²) in [6, 6.07) is 7.08. The van der Waals surface area contributed by atoms with Crippen LogP contribution in [0.25, 0.3) is 5.95 Å². The van der Waals surface area contributed by atoms with Gasteiger partial charge in [-0.1, -0.05) is 19.9 Å². The molecule has 0 saturated carbocycles. The van der Waals surface area contributed by atoms with E-state index >= 15 is 0 Å². The van der Waals surface area contributed by atoms with Crippen LogP contribution in [0, 0.1) is 0 Å². The van der Waals surface area contributed by atoms with Gasteiger partial charge < -0.3 is 29.3 Å². The Morgan fingerprint density at radius 2 is 1.95 bits per heavy atom. The minimum Gasteiger partial charge on any atom is -0.454 e. The fraction of sp³-hybridized carbons (Fsp3) is 0.464. The van der Waals surface area contributed by atoms with Gasteiger partial charge in [-0.2, -0.15) is 4.98 Å². The molecule has 0 spiro atoms. The van der Waals surface area contributed by atoms with Crippen molar-refractivity contribution >= 4 is 17.6 Å². The Balaban J connectivity index is 1.38. The first-order chi connectivity index (χ1) is 19.3. The van der Waals surface area contributed by atoms with Crippen LogP contribution in [-0.2, 0) is 14.3 Å². The largest absolute Gasteiger partial charge is 0.454 e. The molecule has 2 aliphatic rings. The highest BCUT2D eigenvalue weighted by atomic mass is 16.7. The van der Waals surface area contributed by atoms with Crippen LogP contribution in [0.5, 0.6) is 11.5 Å². The van der Waals surface area contributed by atoms with E-state index in [9.17, 15) is 9.59 Å². The molecule has 0 aliphatic carbocycles. The number of anilines is 1. The van der Waals surface area contributed by atoms with Crippen molar-refractivity contribution in [3.05, 3.63) is 54.2 Å². The highest BCUT2D eigenvalue weighted by Gasteiger charge is 2.33. The van der Waals surface area contributed by atoms with Gasteiger partial charge in [0.05, 0.1) is 17.8 Å². The molecule has 1 saturated heterocycles. The number of hydrogen-bond acceptors (Lipinski definition) is 9. The van der Waals surface area contributed by atoms with E-state index < -0.39 is 0 Å². The van der Waals surface area contributed by atoms with Crippen LogP contribution >= 0.6 is 0 Å². The van der Waals surface area contributed by atoms with Crippen molar-refractivity contribution < 1.29 is 23.8 Å². The van der Waals surface area contributed by atoms with Gasteiger partial charge in [0.1, 0.15) is 18.8 Å². The number of aromatic nitrogens is 4. The highest BCUT2D eigenvalue weighted by Crippen LogP contribution is 2.34. The van der Waals surface area contributed by atoms with E-state index in [-0.39, 0.29) is 49.6 Å². The number of ether oxygens (including phenoxy) is 3. The van der Waals surface area contributed by atoms with E-state index in [2.05, 4.69) is 29.0 Å². The van der Waals surface area contributed by atoms with Gasteiger partial charge in [0.25, 0.3) is 0 Å². The summed E-state index contributed by atoms with van der Waals surface area (Å²) in [5, 5.41) is 3.10. The molecule has 40 heavy (non-hydrogen) atoms. The topological polar surface area (TPSA) is 124 Å². The quantitative estimate of drug-likeness (QED) is 0.429. The molecule has 0 bridgehead atoms. The summed E-state index contributed by atoms with van der Waals surface area (Å²) in [5.41, 5.74) is 1.79. The van der Waals surface area contributed by atoms with Gasteiger partial charge in [-0.25, -0.2) is 9.97 Å². The first-order valence-corrected chi connectivity index (χ1v) is 13.4. The van der Waals surface area contributed by atoms with Crippen LogP contribution in [0.1, 0.15) is 50.4 Å². The summed E-state index contributed by atoms with van der Waals surface area (Å²) < 4.78 is 17.7. The Kier molecular flexibility index (Phi) is 8.15. The lowest BCUT2D eigenvalue weighted by molar-refractivity contribution is -0.136. The number of imidazole rings is 1. The molecule has 1 fully saturated rings. The number of benzene rings is 1. The standard InChI is InChI=1S/C28H35N7O5/c1-18(2)22-13-25(32-28(31-22)34-8-7-29-16-34)35-10-9-33(27(37)15-38-4)14-21(35)12-26(36)30-19(3)20-5-6-23-24(11-20)40-17-39-23/h5-8,11,13,16,18-19,21H,9-10,12,14-15,17H2,1-4H3,(H,30,36). The Morgan fingerprint density at radius 1 is 1.12 bits per heavy atom. The lowest BCUT2D eigenvalue weighted by Crippen LogP contribution is -2.57. The van der Waals surface area contributed by atoms with E-state index in [1.165, 1.54) is 7.11 Å². The van der Waals surface area contributed by atoms with E-state index in [1.807, 2.05) is 31.2 Å². The summed E-state index contributed by atoms with van der Waals surface area (Å²) in [6.45, 7) is 7.66. The second kappa shape index (κ2) is 11.9. The minimum absolute atomic E-state index is 0.00412. The number of amides is 2. The lowest BCUT2D eigenvalue weighted by atomic mass is 10.0. The number of fused-ring (bicyclic) bond motifs is 1. The Hall–Kier alpha value is -4.19.